The molecule has 11 heteroatoms. The van der Waals surface area contributed by atoms with E-state index in [2.05, 4.69) is 5.32 Å². The predicted octanol–water partition coefficient (Wildman–Crippen LogP) is 3.44. The number of sulfone groups is 1. The van der Waals surface area contributed by atoms with Gasteiger partial charge in [-0.2, -0.15) is 0 Å². The van der Waals surface area contributed by atoms with Gasteiger partial charge in [0, 0.05) is 17.5 Å². The van der Waals surface area contributed by atoms with Crippen molar-refractivity contribution in [2.45, 2.75) is 17.6 Å². The van der Waals surface area contributed by atoms with Gasteiger partial charge in [-0.05, 0) is 23.8 Å². The van der Waals surface area contributed by atoms with Gasteiger partial charge in [-0.25, -0.2) is 8.42 Å². The van der Waals surface area contributed by atoms with Crippen LogP contribution in [-0.2, 0) is 25.2 Å². The fourth-order valence-corrected chi connectivity index (χ4v) is 4.24. The van der Waals surface area contributed by atoms with Crippen molar-refractivity contribution in [1.82, 2.24) is 0 Å². The smallest absolute Gasteiger partial charge is 0.226 e. The van der Waals surface area contributed by atoms with Crippen molar-refractivity contribution in [3.63, 3.8) is 0 Å². The Morgan fingerprint density at radius 3 is 2.15 bits per heavy atom. The third-order valence-corrected chi connectivity index (χ3v) is 6.17. The number of nitrogens with one attached hydrogen (secondary N) is 1. The number of amides is 1. The van der Waals surface area contributed by atoms with Gasteiger partial charge in [0.05, 0.1) is 57.2 Å². The molecule has 2 rings (SSSR count). The summed E-state index contributed by atoms with van der Waals surface area (Å²) in [7, 11) is 2.08. The van der Waals surface area contributed by atoms with Crippen LogP contribution in [0.2, 0.25) is 0 Å². The highest BCUT2D eigenvalue weighted by atomic mass is 35.5. The van der Waals surface area contributed by atoms with Crippen molar-refractivity contribution < 1.29 is 37.0 Å². The summed E-state index contributed by atoms with van der Waals surface area (Å²) in [6.45, 7) is 0. The third kappa shape index (κ3) is 7.39. The molecule has 0 aromatic heterocycles. The Balaban J connectivity index is 2.29. The summed E-state index contributed by atoms with van der Waals surface area (Å²) in [5.41, 5.74) is 1.10. The van der Waals surface area contributed by atoms with E-state index in [1.54, 1.807) is 18.2 Å². The first kappa shape index (κ1) is 27.0. The summed E-state index contributed by atoms with van der Waals surface area (Å²) >= 11 is 5.69. The van der Waals surface area contributed by atoms with E-state index < -0.39 is 21.1 Å². The number of carbonyl (C=O) groups is 2. The molecule has 0 radical (unpaired) electrons. The zero-order valence-electron chi connectivity index (χ0n) is 19.2. The highest BCUT2D eigenvalue weighted by Crippen LogP contribution is 2.35. The maximum atomic E-state index is 12.8. The minimum Gasteiger partial charge on any atom is -0.496 e. The fraction of sp³-hybridized carbons (Fsp3) is 0.304. The molecule has 1 N–H and O–H groups in total. The molecule has 0 saturated carbocycles. The fourth-order valence-electron chi connectivity index (χ4n) is 3.02. The van der Waals surface area contributed by atoms with Gasteiger partial charge in [0.15, 0.2) is 9.84 Å². The minimum absolute atomic E-state index is 0.231. The molecule has 1 atom stereocenters. The van der Waals surface area contributed by atoms with E-state index in [9.17, 15) is 18.0 Å². The van der Waals surface area contributed by atoms with Crippen molar-refractivity contribution in [1.29, 1.82) is 0 Å². The second-order valence-electron chi connectivity index (χ2n) is 6.99. The molecule has 0 aliphatic heterocycles. The van der Waals surface area contributed by atoms with Crippen LogP contribution in [0.5, 0.6) is 23.0 Å². The number of anilines is 1. The minimum atomic E-state index is -3.73. The van der Waals surface area contributed by atoms with Crippen LogP contribution in [0.4, 0.5) is 5.69 Å². The van der Waals surface area contributed by atoms with Gasteiger partial charge in [-0.1, -0.05) is 6.07 Å². The van der Waals surface area contributed by atoms with Crippen molar-refractivity contribution >= 4 is 45.4 Å². The number of hydrogen-bond donors (Lipinski definition) is 1. The van der Waals surface area contributed by atoms with E-state index >= 15 is 0 Å². The van der Waals surface area contributed by atoms with Gasteiger partial charge in [-0.3, -0.25) is 4.79 Å². The van der Waals surface area contributed by atoms with E-state index in [0.717, 1.165) is 5.41 Å². The molecule has 0 aliphatic rings. The first-order valence-electron chi connectivity index (χ1n) is 9.93. The van der Waals surface area contributed by atoms with Crippen molar-refractivity contribution in [2.24, 2.45) is 0 Å². The van der Waals surface area contributed by atoms with Gasteiger partial charge < -0.3 is 29.1 Å². The number of carbonyl (C=O) groups excluding carboxylic acids is 2. The molecule has 0 saturated heterocycles. The van der Waals surface area contributed by atoms with Crippen LogP contribution in [-0.4, -0.2) is 54.4 Å². The maximum Gasteiger partial charge on any atom is 0.226 e. The number of rotatable bonds is 12. The van der Waals surface area contributed by atoms with Gasteiger partial charge in [0.1, 0.15) is 29.3 Å². The number of methoxy groups -OCH3 is 4. The molecule has 1 amide bonds. The zero-order chi connectivity index (χ0) is 25.3. The van der Waals surface area contributed by atoms with Crippen molar-refractivity contribution in [3.8, 4) is 23.0 Å². The molecule has 0 aliphatic carbocycles. The third-order valence-electron chi connectivity index (χ3n) is 4.63. The van der Waals surface area contributed by atoms with E-state index in [4.69, 9.17) is 30.5 Å². The Labute approximate surface area is 203 Å². The molecule has 34 heavy (non-hydrogen) atoms. The lowest BCUT2D eigenvalue weighted by Crippen LogP contribution is -2.18. The zero-order valence-corrected chi connectivity index (χ0v) is 20.7. The number of alkyl halides is 1. The number of hydrogen-bond acceptors (Lipinski definition) is 8. The average Bonchev–Trinajstić information content (AvgIpc) is 2.81. The largest absolute Gasteiger partial charge is 0.496 e. The summed E-state index contributed by atoms with van der Waals surface area (Å²) in [4.78, 5) is 22.8. The predicted molar refractivity (Wildman–Crippen MR) is 130 cm³/mol. The topological polar surface area (TPSA) is 117 Å². The van der Waals surface area contributed by atoms with Crippen LogP contribution in [0, 0.1) is 0 Å². The van der Waals surface area contributed by atoms with Crippen LogP contribution >= 0.6 is 11.6 Å². The molecular formula is C23H26ClNO8S. The normalized spacial score (nSPS) is 12.1. The molecule has 2 aromatic rings. The summed E-state index contributed by atoms with van der Waals surface area (Å²) in [6.07, 6.45) is 1.62. The lowest BCUT2D eigenvalue weighted by Gasteiger charge is -2.13. The lowest BCUT2D eigenvalue weighted by atomic mass is 10.1. The first-order chi connectivity index (χ1) is 16.2. The van der Waals surface area contributed by atoms with Crippen LogP contribution in [0.15, 0.2) is 35.7 Å². The first-order valence-corrected chi connectivity index (χ1v) is 12.1. The van der Waals surface area contributed by atoms with Gasteiger partial charge in [-0.15, -0.1) is 11.6 Å². The Kier molecular flexibility index (Phi) is 9.76. The molecule has 0 heterocycles. The maximum absolute atomic E-state index is 12.8. The molecular weight excluding hydrogens is 486 g/mol. The second kappa shape index (κ2) is 12.3. The Hall–Kier alpha value is -3.24. The van der Waals surface area contributed by atoms with Gasteiger partial charge >= 0.3 is 0 Å². The summed E-state index contributed by atoms with van der Waals surface area (Å²) < 4.78 is 46.7. The number of benzene rings is 2. The van der Waals surface area contributed by atoms with Crippen LogP contribution < -0.4 is 24.3 Å². The lowest BCUT2D eigenvalue weighted by molar-refractivity contribution is -0.118. The van der Waals surface area contributed by atoms with Crippen LogP contribution in [0.1, 0.15) is 17.5 Å². The number of halogens is 1. The highest BCUT2D eigenvalue weighted by molar-refractivity contribution is 7.93. The van der Waals surface area contributed by atoms with E-state index in [1.807, 2.05) is 0 Å². The summed E-state index contributed by atoms with van der Waals surface area (Å²) in [5, 5.41) is 2.68. The molecule has 0 spiro atoms. The van der Waals surface area contributed by atoms with Crippen molar-refractivity contribution in [3.05, 3.63) is 46.9 Å². The molecule has 2 aromatic carbocycles. The average molecular weight is 512 g/mol. The van der Waals surface area contributed by atoms with E-state index in [-0.39, 0.29) is 17.9 Å². The molecule has 9 nitrogen and oxygen atoms in total. The number of ether oxygens (including phenoxy) is 4. The SMILES string of the molecule is COc1cc(OC)c(/C=C/S(=O)(=O)Cc2ccc(OC)c(NC(=O)CC(Cl)C=O)c2)c(OC)c1. The Bertz CT molecular complexity index is 1140. The molecule has 0 bridgehead atoms. The van der Waals surface area contributed by atoms with Crippen LogP contribution in [0.3, 0.4) is 0 Å². The Morgan fingerprint density at radius 1 is 1.00 bits per heavy atom. The standard InChI is InChI=1S/C23H26ClNO8S/c1-30-17-11-21(32-3)18(22(12-17)33-4)7-8-34(28,29)14-15-5-6-20(31-2)19(9-15)25-23(27)10-16(24)13-26/h5-9,11-13,16H,10,14H2,1-4H3,(H,25,27)/b8-7+. The monoisotopic (exact) mass is 511 g/mol. The molecule has 1 unspecified atom stereocenters. The molecule has 0 fully saturated rings. The van der Waals surface area contributed by atoms with Crippen molar-refractivity contribution in [2.75, 3.05) is 33.8 Å². The van der Waals surface area contributed by atoms with E-state index in [1.165, 1.54) is 46.6 Å². The second-order valence-corrected chi connectivity index (χ2v) is 9.44. The number of aldehydes is 1. The quantitative estimate of drug-likeness (QED) is 0.340. The molecule has 184 valence electrons. The highest BCUT2D eigenvalue weighted by Gasteiger charge is 2.16. The van der Waals surface area contributed by atoms with E-state index in [0.29, 0.717) is 40.4 Å². The Morgan fingerprint density at radius 2 is 1.62 bits per heavy atom. The summed E-state index contributed by atoms with van der Waals surface area (Å²) in [6, 6.07) is 7.83. The van der Waals surface area contributed by atoms with Crippen LogP contribution in [0.25, 0.3) is 6.08 Å². The van der Waals surface area contributed by atoms with Gasteiger partial charge in [0.2, 0.25) is 5.91 Å². The van der Waals surface area contributed by atoms with Gasteiger partial charge in [0.25, 0.3) is 0 Å². The summed E-state index contributed by atoms with van der Waals surface area (Å²) in [5.74, 6) is 0.730.